The molecular weight excluding hydrogens is 267 g/mol. The Labute approximate surface area is 115 Å². The monoisotopic (exact) mass is 274 g/mol. The molecule has 0 N–H and O–H groups in total. The molecule has 0 aliphatic carbocycles. The molecule has 0 heterocycles. The molecule has 0 spiro atoms. The molecule has 4 heteroatoms. The molecule has 18 heavy (non-hydrogen) atoms. The van der Waals surface area contributed by atoms with Gasteiger partial charge >= 0.3 is 0 Å². The Morgan fingerprint density at radius 3 is 2.17 bits per heavy atom. The van der Waals surface area contributed by atoms with Crippen LogP contribution in [0.1, 0.15) is 11.1 Å². The van der Waals surface area contributed by atoms with Crippen molar-refractivity contribution < 1.29 is 0 Å². The van der Waals surface area contributed by atoms with Gasteiger partial charge in [-0.05, 0) is 35.9 Å². The fourth-order valence-corrected chi connectivity index (χ4v) is 1.92. The molecule has 0 fully saturated rings. The highest BCUT2D eigenvalue weighted by Crippen LogP contribution is 2.24. The molecule has 0 amide bonds. The lowest BCUT2D eigenvalue weighted by Crippen LogP contribution is -1.81. The van der Waals surface area contributed by atoms with Gasteiger partial charge in [0.2, 0.25) is 0 Å². The summed E-state index contributed by atoms with van der Waals surface area (Å²) in [6.07, 6.45) is 1.70. The maximum Gasteiger partial charge on any atom is 0.0991 e. The number of halogens is 2. The van der Waals surface area contributed by atoms with Crippen LogP contribution in [0.4, 0.5) is 5.69 Å². The fraction of sp³-hybridized carbons (Fsp3) is 0. The minimum absolute atomic E-state index is 0.550. The van der Waals surface area contributed by atoms with Crippen molar-refractivity contribution in [2.75, 3.05) is 0 Å². The smallest absolute Gasteiger partial charge is 0.0991 e. The van der Waals surface area contributed by atoms with Crippen molar-refractivity contribution in [3.63, 3.8) is 0 Å². The zero-order valence-electron chi connectivity index (χ0n) is 9.27. The minimum Gasteiger partial charge on any atom is -0.256 e. The van der Waals surface area contributed by atoms with Crippen LogP contribution in [0.15, 0.2) is 47.5 Å². The van der Waals surface area contributed by atoms with Crippen molar-refractivity contribution in [1.29, 1.82) is 5.26 Å². The van der Waals surface area contributed by atoms with Gasteiger partial charge in [-0.1, -0.05) is 35.3 Å². The van der Waals surface area contributed by atoms with E-state index in [-0.39, 0.29) is 0 Å². The Morgan fingerprint density at radius 1 is 1.00 bits per heavy atom. The summed E-state index contributed by atoms with van der Waals surface area (Å²) < 4.78 is 0. The van der Waals surface area contributed by atoms with Crippen molar-refractivity contribution in [1.82, 2.24) is 0 Å². The first-order valence-corrected chi connectivity index (χ1v) is 5.93. The third kappa shape index (κ3) is 3.33. The SMILES string of the molecule is N#Cc1ccc(C=Nc2cc(Cl)cc(Cl)c2)cc1. The van der Waals surface area contributed by atoms with Crippen molar-refractivity contribution in [2.45, 2.75) is 0 Å². The quantitative estimate of drug-likeness (QED) is 0.737. The summed E-state index contributed by atoms with van der Waals surface area (Å²) in [6.45, 7) is 0. The third-order valence-corrected chi connectivity index (χ3v) is 2.69. The van der Waals surface area contributed by atoms with Gasteiger partial charge in [0.25, 0.3) is 0 Å². The third-order valence-electron chi connectivity index (χ3n) is 2.25. The number of nitriles is 1. The van der Waals surface area contributed by atoms with E-state index in [4.69, 9.17) is 28.5 Å². The summed E-state index contributed by atoms with van der Waals surface area (Å²) in [5, 5.41) is 9.79. The van der Waals surface area contributed by atoms with Gasteiger partial charge in [-0.15, -0.1) is 0 Å². The van der Waals surface area contributed by atoms with Crippen LogP contribution in [0.5, 0.6) is 0 Å². The lowest BCUT2D eigenvalue weighted by atomic mass is 10.2. The highest BCUT2D eigenvalue weighted by molar-refractivity contribution is 6.35. The Hall–Kier alpha value is -1.82. The van der Waals surface area contributed by atoms with Gasteiger partial charge in [0, 0.05) is 16.3 Å². The van der Waals surface area contributed by atoms with Crippen LogP contribution in [-0.4, -0.2) is 6.21 Å². The zero-order valence-corrected chi connectivity index (χ0v) is 10.8. The van der Waals surface area contributed by atoms with Gasteiger partial charge in [0.1, 0.15) is 0 Å². The van der Waals surface area contributed by atoms with Gasteiger partial charge in [0.05, 0.1) is 17.3 Å². The number of aliphatic imine (C=N–C) groups is 1. The van der Waals surface area contributed by atoms with Gasteiger partial charge in [-0.25, -0.2) is 0 Å². The van der Waals surface area contributed by atoms with Crippen molar-refractivity contribution >= 4 is 35.1 Å². The Morgan fingerprint density at radius 2 is 1.61 bits per heavy atom. The first kappa shape index (κ1) is 12.6. The highest BCUT2D eigenvalue weighted by Gasteiger charge is 1.96. The van der Waals surface area contributed by atoms with E-state index in [2.05, 4.69) is 11.1 Å². The minimum atomic E-state index is 0.550. The first-order valence-electron chi connectivity index (χ1n) is 5.18. The normalized spacial score (nSPS) is 10.5. The Bertz CT molecular complexity index is 605. The lowest BCUT2D eigenvalue weighted by molar-refractivity contribution is 1.48. The van der Waals surface area contributed by atoms with E-state index in [1.54, 1.807) is 36.5 Å². The molecule has 0 saturated carbocycles. The summed E-state index contributed by atoms with van der Waals surface area (Å²) in [4.78, 5) is 4.28. The number of benzene rings is 2. The zero-order chi connectivity index (χ0) is 13.0. The van der Waals surface area contributed by atoms with Crippen molar-refractivity contribution in [3.8, 4) is 6.07 Å². The predicted octanol–water partition coefficient (Wildman–Crippen LogP) is 4.62. The molecule has 88 valence electrons. The van der Waals surface area contributed by atoms with E-state index in [1.807, 2.05) is 12.1 Å². The molecule has 2 aromatic carbocycles. The van der Waals surface area contributed by atoms with E-state index in [9.17, 15) is 0 Å². The molecule has 0 radical (unpaired) electrons. The van der Waals surface area contributed by atoms with Crippen LogP contribution in [0, 0.1) is 11.3 Å². The molecule has 2 nitrogen and oxygen atoms in total. The number of rotatable bonds is 2. The lowest BCUT2D eigenvalue weighted by Gasteiger charge is -1.97. The second kappa shape index (κ2) is 5.68. The molecule has 0 aliphatic heterocycles. The van der Waals surface area contributed by atoms with Gasteiger partial charge in [-0.3, -0.25) is 4.99 Å². The summed E-state index contributed by atoms with van der Waals surface area (Å²) in [6, 6.07) is 14.3. The molecule has 2 rings (SSSR count). The van der Waals surface area contributed by atoms with Crippen LogP contribution in [-0.2, 0) is 0 Å². The van der Waals surface area contributed by atoms with Gasteiger partial charge in [0.15, 0.2) is 0 Å². The van der Waals surface area contributed by atoms with E-state index in [1.165, 1.54) is 0 Å². The van der Waals surface area contributed by atoms with Gasteiger partial charge in [-0.2, -0.15) is 5.26 Å². The van der Waals surface area contributed by atoms with Crippen molar-refractivity contribution in [2.24, 2.45) is 4.99 Å². The molecule has 0 unspecified atom stereocenters. The molecule has 0 aliphatic rings. The number of nitrogens with zero attached hydrogens (tertiary/aromatic N) is 2. The summed E-state index contributed by atoms with van der Waals surface area (Å²) in [7, 11) is 0. The van der Waals surface area contributed by atoms with Crippen LogP contribution < -0.4 is 0 Å². The number of hydrogen-bond acceptors (Lipinski definition) is 2. The van der Waals surface area contributed by atoms with Gasteiger partial charge < -0.3 is 0 Å². The van der Waals surface area contributed by atoms with Crippen LogP contribution in [0.25, 0.3) is 0 Å². The summed E-state index contributed by atoms with van der Waals surface area (Å²) in [5.74, 6) is 0. The first-order chi connectivity index (χ1) is 8.67. The van der Waals surface area contributed by atoms with E-state index in [0.717, 1.165) is 5.56 Å². The fourth-order valence-electron chi connectivity index (χ4n) is 1.41. The van der Waals surface area contributed by atoms with E-state index >= 15 is 0 Å². The predicted molar refractivity (Wildman–Crippen MR) is 74.9 cm³/mol. The van der Waals surface area contributed by atoms with Crippen LogP contribution >= 0.6 is 23.2 Å². The standard InChI is InChI=1S/C14H8Cl2N2/c15-12-5-13(16)7-14(6-12)18-9-11-3-1-10(8-17)2-4-11/h1-7,9H. The average molecular weight is 275 g/mol. The molecule has 0 saturated heterocycles. The topological polar surface area (TPSA) is 36.1 Å². The molecule has 0 bridgehead atoms. The second-order valence-electron chi connectivity index (χ2n) is 3.62. The van der Waals surface area contributed by atoms with E-state index < -0.39 is 0 Å². The second-order valence-corrected chi connectivity index (χ2v) is 4.49. The molecule has 0 aromatic heterocycles. The van der Waals surface area contributed by atoms with E-state index in [0.29, 0.717) is 21.3 Å². The van der Waals surface area contributed by atoms with Crippen LogP contribution in [0.3, 0.4) is 0 Å². The molecule has 2 aromatic rings. The maximum absolute atomic E-state index is 8.68. The largest absolute Gasteiger partial charge is 0.256 e. The molecule has 0 atom stereocenters. The Kier molecular flexibility index (Phi) is 3.99. The van der Waals surface area contributed by atoms with Crippen molar-refractivity contribution in [3.05, 3.63) is 63.6 Å². The maximum atomic E-state index is 8.68. The van der Waals surface area contributed by atoms with Crippen LogP contribution in [0.2, 0.25) is 10.0 Å². The molecular formula is C14H8Cl2N2. The summed E-state index contributed by atoms with van der Waals surface area (Å²) in [5.41, 5.74) is 2.22. The highest BCUT2D eigenvalue weighted by atomic mass is 35.5. The summed E-state index contributed by atoms with van der Waals surface area (Å²) >= 11 is 11.8. The number of hydrogen-bond donors (Lipinski definition) is 0. The Balaban J connectivity index is 2.21. The average Bonchev–Trinajstić information content (AvgIpc) is 2.36.